The van der Waals surface area contributed by atoms with E-state index in [1.165, 1.54) is 0 Å². The van der Waals surface area contributed by atoms with E-state index in [9.17, 15) is 4.57 Å². The number of oxazole rings is 1. The number of para-hydroxylation sites is 1. The van der Waals surface area contributed by atoms with Crippen LogP contribution in [0.25, 0.3) is 11.1 Å². The van der Waals surface area contributed by atoms with E-state index in [4.69, 9.17) is 16.6 Å². The van der Waals surface area contributed by atoms with Crippen LogP contribution in [0.4, 0.5) is 0 Å². The zero-order valence-electron chi connectivity index (χ0n) is 12.7. The van der Waals surface area contributed by atoms with Gasteiger partial charge in [-0.05, 0) is 24.4 Å². The van der Waals surface area contributed by atoms with Gasteiger partial charge >= 0.3 is 0 Å². The summed E-state index contributed by atoms with van der Waals surface area (Å²) in [4.78, 5) is 3.33. The van der Waals surface area contributed by atoms with Crippen molar-refractivity contribution in [2.45, 2.75) is 0 Å². The molecule has 0 fully saturated rings. The Morgan fingerprint density at radius 3 is 1.96 bits per heavy atom. The van der Waals surface area contributed by atoms with Crippen molar-refractivity contribution in [3.63, 3.8) is 0 Å². The fourth-order valence-corrected chi connectivity index (χ4v) is 5.93. The second kappa shape index (κ2) is 5.90. The van der Waals surface area contributed by atoms with Crippen LogP contribution in [0.3, 0.4) is 0 Å². The number of rotatable bonds is 3. The Hall–Kier alpha value is -2.42. The van der Waals surface area contributed by atoms with Crippen LogP contribution in [0, 0.1) is 4.84 Å². The molecule has 0 bridgehead atoms. The highest BCUT2D eigenvalue weighted by Crippen LogP contribution is 2.43. The zero-order chi connectivity index (χ0) is 16.6. The summed E-state index contributed by atoms with van der Waals surface area (Å²) in [6, 6.07) is 24.6. The first-order valence-corrected chi connectivity index (χ1v) is 9.65. The fraction of sp³-hybridized carbons (Fsp3) is 0. The lowest BCUT2D eigenvalue weighted by Crippen LogP contribution is -2.25. The van der Waals surface area contributed by atoms with Gasteiger partial charge in [0.1, 0.15) is 0 Å². The van der Waals surface area contributed by atoms with Crippen LogP contribution in [-0.4, -0.2) is 4.98 Å². The Morgan fingerprint density at radius 2 is 1.38 bits per heavy atom. The molecule has 3 aromatic carbocycles. The monoisotopic (exact) mass is 351 g/mol. The van der Waals surface area contributed by atoms with Gasteiger partial charge in [0, 0.05) is 15.9 Å². The maximum atomic E-state index is 14.3. The normalized spacial score (nSPS) is 11.7. The molecule has 0 saturated heterocycles. The van der Waals surface area contributed by atoms with E-state index in [1.807, 2.05) is 78.9 Å². The molecule has 0 radical (unpaired) electrons. The van der Waals surface area contributed by atoms with Crippen molar-refractivity contribution >= 4 is 46.4 Å². The molecule has 1 aromatic heterocycles. The number of aromatic nitrogens is 1. The van der Waals surface area contributed by atoms with Gasteiger partial charge in [0.2, 0.25) is 0 Å². The maximum Gasteiger partial charge on any atom is 0.266 e. The quantitative estimate of drug-likeness (QED) is 0.446. The van der Waals surface area contributed by atoms with Crippen LogP contribution in [0.5, 0.6) is 0 Å². The summed E-state index contributed by atoms with van der Waals surface area (Å²) in [5.41, 5.74) is 1.31. The SMILES string of the molecule is O=P(c1ccccc1)(c1ccccc1)c1cccc2oc(=S)[nH]c12. The first-order chi connectivity index (χ1) is 11.7. The Kier molecular flexibility index (Phi) is 3.72. The van der Waals surface area contributed by atoms with Gasteiger partial charge in [-0.2, -0.15) is 0 Å². The van der Waals surface area contributed by atoms with Crippen LogP contribution in [0.2, 0.25) is 0 Å². The third-order valence-corrected chi connectivity index (χ3v) is 7.30. The summed E-state index contributed by atoms with van der Waals surface area (Å²) in [6.07, 6.45) is 0. The predicted octanol–water partition coefficient (Wildman–Crippen LogP) is 4.13. The Morgan fingerprint density at radius 1 is 0.792 bits per heavy atom. The molecule has 0 aliphatic carbocycles. The molecule has 0 saturated carbocycles. The average molecular weight is 351 g/mol. The van der Waals surface area contributed by atoms with Gasteiger partial charge in [-0.3, -0.25) is 0 Å². The van der Waals surface area contributed by atoms with Gasteiger partial charge in [-0.15, -0.1) is 0 Å². The molecular weight excluding hydrogens is 337 g/mol. The van der Waals surface area contributed by atoms with Crippen molar-refractivity contribution < 1.29 is 8.98 Å². The molecule has 3 nitrogen and oxygen atoms in total. The largest absolute Gasteiger partial charge is 0.429 e. The molecule has 0 aliphatic heterocycles. The van der Waals surface area contributed by atoms with E-state index in [1.54, 1.807) is 0 Å². The van der Waals surface area contributed by atoms with Crippen molar-refractivity contribution in [1.82, 2.24) is 4.98 Å². The molecule has 4 rings (SSSR count). The number of fused-ring (bicyclic) bond motifs is 1. The number of nitrogens with one attached hydrogen (secondary N) is 1. The molecular formula is C19H14NO2PS. The summed E-state index contributed by atoms with van der Waals surface area (Å²) in [7, 11) is -3.05. The molecule has 0 unspecified atom stereocenters. The van der Waals surface area contributed by atoms with Crippen LogP contribution in [-0.2, 0) is 4.57 Å². The molecule has 1 N–H and O–H groups in total. The Balaban J connectivity index is 2.11. The fourth-order valence-electron chi connectivity index (χ4n) is 2.92. The third-order valence-electron chi connectivity index (χ3n) is 4.01. The smallest absolute Gasteiger partial charge is 0.266 e. The summed E-state index contributed by atoms with van der Waals surface area (Å²) >= 11 is 5.12. The second-order valence-corrected chi connectivity index (χ2v) is 8.55. The molecule has 118 valence electrons. The minimum absolute atomic E-state index is 0.283. The third kappa shape index (κ3) is 2.35. The topological polar surface area (TPSA) is 46.0 Å². The van der Waals surface area contributed by atoms with Crippen LogP contribution < -0.4 is 15.9 Å². The van der Waals surface area contributed by atoms with Crippen molar-refractivity contribution in [1.29, 1.82) is 0 Å². The van der Waals surface area contributed by atoms with E-state index in [2.05, 4.69) is 4.98 Å². The number of hydrogen-bond donors (Lipinski definition) is 1. The summed E-state index contributed by atoms with van der Waals surface area (Å²) < 4.78 is 19.9. The predicted molar refractivity (Wildman–Crippen MR) is 101 cm³/mol. The number of H-pyrrole nitrogens is 1. The molecule has 0 aliphatic rings. The number of hydrogen-bond acceptors (Lipinski definition) is 3. The van der Waals surface area contributed by atoms with E-state index >= 15 is 0 Å². The van der Waals surface area contributed by atoms with E-state index in [0.29, 0.717) is 16.4 Å². The van der Waals surface area contributed by atoms with E-state index in [0.717, 1.165) is 10.6 Å². The lowest BCUT2D eigenvalue weighted by Gasteiger charge is -2.20. The number of aromatic amines is 1. The summed E-state index contributed by atoms with van der Waals surface area (Å²) in [5, 5.41) is 2.27. The Bertz CT molecular complexity index is 1060. The van der Waals surface area contributed by atoms with Crippen LogP contribution in [0.15, 0.2) is 83.3 Å². The first-order valence-electron chi connectivity index (χ1n) is 7.53. The van der Waals surface area contributed by atoms with E-state index < -0.39 is 7.14 Å². The number of benzene rings is 3. The minimum atomic E-state index is -3.05. The standard InChI is InChI=1S/C19H14NO2PS/c21-23(14-8-3-1-4-9-14,15-10-5-2-6-11-15)17-13-7-12-16-18(17)20-19(24)22-16/h1-13H,(H,20,24). The highest BCUT2D eigenvalue weighted by molar-refractivity contribution is 7.85. The first kappa shape index (κ1) is 15.1. The maximum absolute atomic E-state index is 14.3. The van der Waals surface area contributed by atoms with Crippen molar-refractivity contribution in [3.8, 4) is 0 Å². The summed E-state index contributed by atoms with van der Waals surface area (Å²) in [6.45, 7) is 0. The lowest BCUT2D eigenvalue weighted by molar-refractivity contribution is 0.583. The van der Waals surface area contributed by atoms with Gasteiger partial charge < -0.3 is 14.0 Å². The summed E-state index contributed by atoms with van der Waals surface area (Å²) in [5.74, 6) is 0. The zero-order valence-corrected chi connectivity index (χ0v) is 14.4. The molecule has 1 heterocycles. The van der Waals surface area contributed by atoms with Gasteiger partial charge in [-0.25, -0.2) is 0 Å². The lowest BCUT2D eigenvalue weighted by atomic mass is 10.3. The second-order valence-electron chi connectivity index (χ2n) is 5.45. The van der Waals surface area contributed by atoms with Crippen molar-refractivity contribution in [2.24, 2.45) is 0 Å². The molecule has 0 spiro atoms. The molecule has 0 atom stereocenters. The molecule has 5 heteroatoms. The molecule has 24 heavy (non-hydrogen) atoms. The average Bonchev–Trinajstić information content (AvgIpc) is 3.02. The highest BCUT2D eigenvalue weighted by atomic mass is 32.1. The van der Waals surface area contributed by atoms with Crippen LogP contribution in [0.1, 0.15) is 0 Å². The highest BCUT2D eigenvalue weighted by Gasteiger charge is 2.32. The van der Waals surface area contributed by atoms with E-state index in [-0.39, 0.29) is 4.84 Å². The van der Waals surface area contributed by atoms with Crippen molar-refractivity contribution in [2.75, 3.05) is 0 Å². The Labute approximate surface area is 144 Å². The minimum Gasteiger partial charge on any atom is -0.429 e. The van der Waals surface area contributed by atoms with Gasteiger partial charge in [0.05, 0.1) is 5.52 Å². The molecule has 0 amide bonds. The van der Waals surface area contributed by atoms with Gasteiger partial charge in [-0.1, -0.05) is 66.7 Å². The van der Waals surface area contributed by atoms with Crippen LogP contribution >= 0.6 is 19.4 Å². The van der Waals surface area contributed by atoms with Gasteiger partial charge in [0.25, 0.3) is 4.84 Å². The van der Waals surface area contributed by atoms with Crippen molar-refractivity contribution in [3.05, 3.63) is 83.7 Å². The van der Waals surface area contributed by atoms with Gasteiger partial charge in [0.15, 0.2) is 12.7 Å². The molecule has 4 aromatic rings.